The molecule has 2 heterocycles. The minimum absolute atomic E-state index is 0.00813. The third kappa shape index (κ3) is 2.66. The Kier molecular flexibility index (Phi) is 4.52. The van der Waals surface area contributed by atoms with E-state index in [1.807, 2.05) is 34.1 Å². The van der Waals surface area contributed by atoms with E-state index in [9.17, 15) is 9.59 Å². The van der Waals surface area contributed by atoms with Crippen LogP contribution in [0.5, 0.6) is 5.75 Å². The van der Waals surface area contributed by atoms with E-state index >= 15 is 0 Å². The van der Waals surface area contributed by atoms with Gasteiger partial charge in [0.15, 0.2) is 0 Å². The highest BCUT2D eigenvalue weighted by Crippen LogP contribution is 2.40. The maximum atomic E-state index is 13.2. The number of methoxy groups -OCH3 is 1. The SMILES string of the molecule is COc1ccccc1C(=O)N1CCC[C@@]2(C)[C@@H]1CCCN2C(C)=O. The molecule has 2 amide bonds. The van der Waals surface area contributed by atoms with E-state index in [2.05, 4.69) is 6.92 Å². The number of fused-ring (bicyclic) bond motifs is 1. The van der Waals surface area contributed by atoms with E-state index in [4.69, 9.17) is 4.74 Å². The minimum Gasteiger partial charge on any atom is -0.496 e. The van der Waals surface area contributed by atoms with Gasteiger partial charge in [0.05, 0.1) is 24.3 Å². The summed E-state index contributed by atoms with van der Waals surface area (Å²) >= 11 is 0. The first kappa shape index (κ1) is 16.8. The Labute approximate surface area is 143 Å². The number of hydrogen-bond donors (Lipinski definition) is 0. The third-order valence-electron chi connectivity index (χ3n) is 5.63. The first-order chi connectivity index (χ1) is 11.5. The van der Waals surface area contributed by atoms with Gasteiger partial charge in [-0.1, -0.05) is 12.1 Å². The van der Waals surface area contributed by atoms with Crippen LogP contribution in [0, 0.1) is 0 Å². The van der Waals surface area contributed by atoms with E-state index in [1.165, 1.54) is 0 Å². The number of piperidine rings is 2. The quantitative estimate of drug-likeness (QED) is 0.838. The number of carbonyl (C=O) groups excluding carboxylic acids is 2. The van der Waals surface area contributed by atoms with Crippen LogP contribution in [0.25, 0.3) is 0 Å². The summed E-state index contributed by atoms with van der Waals surface area (Å²) in [7, 11) is 1.59. The summed E-state index contributed by atoms with van der Waals surface area (Å²) in [4.78, 5) is 29.2. The molecule has 2 aliphatic rings. The highest BCUT2D eigenvalue weighted by molar-refractivity contribution is 5.97. The van der Waals surface area contributed by atoms with Crippen molar-refractivity contribution < 1.29 is 14.3 Å². The van der Waals surface area contributed by atoms with E-state index in [0.717, 1.165) is 38.8 Å². The zero-order valence-corrected chi connectivity index (χ0v) is 14.7. The first-order valence-electron chi connectivity index (χ1n) is 8.71. The van der Waals surface area contributed by atoms with Gasteiger partial charge in [-0.05, 0) is 44.7 Å². The predicted octanol–water partition coefficient (Wildman–Crippen LogP) is 2.70. The molecule has 2 fully saturated rings. The van der Waals surface area contributed by atoms with Gasteiger partial charge in [0.1, 0.15) is 5.75 Å². The molecule has 5 nitrogen and oxygen atoms in total. The molecule has 0 bridgehead atoms. The lowest BCUT2D eigenvalue weighted by Gasteiger charge is -2.56. The molecule has 0 spiro atoms. The topological polar surface area (TPSA) is 49.9 Å². The fraction of sp³-hybridized carbons (Fsp3) is 0.579. The lowest BCUT2D eigenvalue weighted by atomic mass is 9.75. The van der Waals surface area contributed by atoms with E-state index in [0.29, 0.717) is 11.3 Å². The zero-order chi connectivity index (χ0) is 17.3. The molecule has 0 unspecified atom stereocenters. The van der Waals surface area contributed by atoms with Crippen molar-refractivity contribution in [3.8, 4) is 5.75 Å². The van der Waals surface area contributed by atoms with Crippen molar-refractivity contribution in [1.82, 2.24) is 9.80 Å². The Morgan fingerprint density at radius 3 is 2.67 bits per heavy atom. The van der Waals surface area contributed by atoms with Crippen LogP contribution in [0.4, 0.5) is 0 Å². The average Bonchev–Trinajstić information content (AvgIpc) is 2.59. The van der Waals surface area contributed by atoms with Crippen molar-refractivity contribution in [3.05, 3.63) is 29.8 Å². The summed E-state index contributed by atoms with van der Waals surface area (Å²) < 4.78 is 5.37. The standard InChI is InChI=1S/C19H26N2O3/c1-14(22)21-13-6-10-17-19(21,2)11-7-12-20(17)18(23)15-8-4-5-9-16(15)24-3/h4-5,8-9,17H,6-7,10-13H2,1-3H3/t17-,19-/m0/s1. The lowest BCUT2D eigenvalue weighted by Crippen LogP contribution is -2.67. The predicted molar refractivity (Wildman–Crippen MR) is 92.1 cm³/mol. The molecule has 1 aromatic rings. The molecule has 0 saturated carbocycles. The molecule has 0 aliphatic carbocycles. The van der Waals surface area contributed by atoms with Crippen LogP contribution in [0.3, 0.4) is 0 Å². The van der Waals surface area contributed by atoms with Crippen molar-refractivity contribution in [2.75, 3.05) is 20.2 Å². The number of benzene rings is 1. The number of likely N-dealkylation sites (tertiary alicyclic amines) is 2. The van der Waals surface area contributed by atoms with Gasteiger partial charge in [-0.25, -0.2) is 0 Å². The Morgan fingerprint density at radius 2 is 1.96 bits per heavy atom. The molecule has 0 radical (unpaired) electrons. The number of nitrogens with zero attached hydrogens (tertiary/aromatic N) is 2. The minimum atomic E-state index is -0.264. The normalized spacial score (nSPS) is 26.7. The maximum Gasteiger partial charge on any atom is 0.257 e. The smallest absolute Gasteiger partial charge is 0.257 e. The van der Waals surface area contributed by atoms with Crippen molar-refractivity contribution in [2.24, 2.45) is 0 Å². The van der Waals surface area contributed by atoms with E-state index in [-0.39, 0.29) is 23.4 Å². The van der Waals surface area contributed by atoms with Gasteiger partial charge in [-0.15, -0.1) is 0 Å². The van der Waals surface area contributed by atoms with Gasteiger partial charge >= 0.3 is 0 Å². The number of ether oxygens (including phenoxy) is 1. The summed E-state index contributed by atoms with van der Waals surface area (Å²) in [5, 5.41) is 0. The van der Waals surface area contributed by atoms with Crippen LogP contribution in [-0.4, -0.2) is 53.4 Å². The lowest BCUT2D eigenvalue weighted by molar-refractivity contribution is -0.143. The highest BCUT2D eigenvalue weighted by Gasteiger charge is 2.49. The number of hydrogen-bond acceptors (Lipinski definition) is 3. The number of rotatable bonds is 2. The summed E-state index contributed by atoms with van der Waals surface area (Å²) in [5.74, 6) is 0.719. The Bertz CT molecular complexity index is 645. The molecule has 3 rings (SSSR count). The van der Waals surface area contributed by atoms with Gasteiger partial charge in [0, 0.05) is 20.0 Å². The molecule has 24 heavy (non-hydrogen) atoms. The second-order valence-corrected chi connectivity index (χ2v) is 6.99. The monoisotopic (exact) mass is 330 g/mol. The average molecular weight is 330 g/mol. The fourth-order valence-corrected chi connectivity index (χ4v) is 4.48. The molecular weight excluding hydrogens is 304 g/mol. The summed E-state index contributed by atoms with van der Waals surface area (Å²) in [6.07, 6.45) is 3.75. The largest absolute Gasteiger partial charge is 0.496 e. The van der Waals surface area contributed by atoms with Crippen molar-refractivity contribution >= 4 is 11.8 Å². The van der Waals surface area contributed by atoms with Crippen LogP contribution >= 0.6 is 0 Å². The van der Waals surface area contributed by atoms with Gasteiger partial charge in [-0.2, -0.15) is 0 Å². The molecule has 5 heteroatoms. The van der Waals surface area contributed by atoms with Gasteiger partial charge in [0.25, 0.3) is 5.91 Å². The highest BCUT2D eigenvalue weighted by atomic mass is 16.5. The number of para-hydroxylation sites is 1. The van der Waals surface area contributed by atoms with Gasteiger partial charge in [0.2, 0.25) is 5.91 Å². The van der Waals surface area contributed by atoms with Crippen molar-refractivity contribution in [1.29, 1.82) is 0 Å². The summed E-state index contributed by atoms with van der Waals surface area (Å²) in [6.45, 7) is 5.30. The Hall–Kier alpha value is -2.04. The van der Waals surface area contributed by atoms with Gasteiger partial charge in [-0.3, -0.25) is 9.59 Å². The molecule has 2 atom stereocenters. The van der Waals surface area contributed by atoms with Crippen LogP contribution in [0.1, 0.15) is 49.9 Å². The van der Waals surface area contributed by atoms with Crippen molar-refractivity contribution in [3.63, 3.8) is 0 Å². The fourth-order valence-electron chi connectivity index (χ4n) is 4.48. The Balaban J connectivity index is 1.93. The van der Waals surface area contributed by atoms with Crippen LogP contribution in [0.2, 0.25) is 0 Å². The molecule has 1 aromatic carbocycles. The number of amides is 2. The Morgan fingerprint density at radius 1 is 1.21 bits per heavy atom. The van der Waals surface area contributed by atoms with Crippen LogP contribution in [-0.2, 0) is 4.79 Å². The first-order valence-corrected chi connectivity index (χ1v) is 8.71. The molecular formula is C19H26N2O3. The van der Waals surface area contributed by atoms with Gasteiger partial charge < -0.3 is 14.5 Å². The summed E-state index contributed by atoms with van der Waals surface area (Å²) in [6, 6.07) is 7.44. The molecule has 0 N–H and O–H groups in total. The molecule has 2 aliphatic heterocycles. The zero-order valence-electron chi connectivity index (χ0n) is 14.7. The van der Waals surface area contributed by atoms with Crippen LogP contribution in [0.15, 0.2) is 24.3 Å². The van der Waals surface area contributed by atoms with E-state index in [1.54, 1.807) is 14.0 Å². The van der Waals surface area contributed by atoms with E-state index < -0.39 is 0 Å². The molecule has 2 saturated heterocycles. The van der Waals surface area contributed by atoms with Crippen molar-refractivity contribution in [2.45, 2.75) is 51.1 Å². The molecule has 0 aromatic heterocycles. The maximum absolute atomic E-state index is 13.2. The molecule has 130 valence electrons. The van der Waals surface area contributed by atoms with Crippen LogP contribution < -0.4 is 4.74 Å². The number of carbonyl (C=O) groups is 2. The second kappa shape index (κ2) is 6.46. The second-order valence-electron chi connectivity index (χ2n) is 6.99. The summed E-state index contributed by atoms with van der Waals surface area (Å²) in [5.41, 5.74) is 0.337. The third-order valence-corrected chi connectivity index (χ3v) is 5.63.